The highest BCUT2D eigenvalue weighted by atomic mass is 79.9. The van der Waals surface area contributed by atoms with Gasteiger partial charge in [0, 0.05) is 21.1 Å². The molecule has 3 aromatic rings. The number of rotatable bonds is 6. The molecule has 0 saturated carbocycles. The van der Waals surface area contributed by atoms with Crippen molar-refractivity contribution < 1.29 is 23.9 Å². The number of barbiturate groups is 1. The Morgan fingerprint density at radius 3 is 2.38 bits per heavy atom. The van der Waals surface area contributed by atoms with Gasteiger partial charge in [-0.2, -0.15) is 0 Å². The van der Waals surface area contributed by atoms with Gasteiger partial charge in [0.2, 0.25) is 0 Å². The van der Waals surface area contributed by atoms with Gasteiger partial charge in [0.25, 0.3) is 11.8 Å². The van der Waals surface area contributed by atoms with E-state index in [2.05, 4.69) is 21.2 Å². The predicted octanol–water partition coefficient (Wildman–Crippen LogP) is 5.36. The van der Waals surface area contributed by atoms with Gasteiger partial charge in [0.05, 0.1) is 12.8 Å². The van der Waals surface area contributed by atoms with Crippen molar-refractivity contribution in [1.82, 2.24) is 5.32 Å². The molecule has 7 nitrogen and oxygen atoms in total. The van der Waals surface area contributed by atoms with Gasteiger partial charge in [0.1, 0.15) is 23.7 Å². The van der Waals surface area contributed by atoms with Crippen molar-refractivity contribution in [3.05, 3.63) is 92.9 Å². The summed E-state index contributed by atoms with van der Waals surface area (Å²) in [5.41, 5.74) is 1.47. The third-order valence-corrected chi connectivity index (χ3v) is 5.80. The van der Waals surface area contributed by atoms with E-state index in [1.807, 2.05) is 24.3 Å². The topological polar surface area (TPSA) is 84.9 Å². The fourth-order valence-corrected chi connectivity index (χ4v) is 3.66. The highest BCUT2D eigenvalue weighted by Crippen LogP contribution is 2.30. The number of anilines is 1. The predicted molar refractivity (Wildman–Crippen MR) is 132 cm³/mol. The minimum atomic E-state index is -0.837. The summed E-state index contributed by atoms with van der Waals surface area (Å²) >= 11 is 9.31. The minimum Gasteiger partial charge on any atom is -0.497 e. The van der Waals surface area contributed by atoms with Gasteiger partial charge in [-0.3, -0.25) is 14.9 Å². The van der Waals surface area contributed by atoms with Crippen LogP contribution in [-0.4, -0.2) is 25.0 Å². The molecule has 0 spiro atoms. The Morgan fingerprint density at radius 2 is 1.71 bits per heavy atom. The van der Waals surface area contributed by atoms with Crippen LogP contribution in [0.15, 0.2) is 76.8 Å². The van der Waals surface area contributed by atoms with Gasteiger partial charge >= 0.3 is 6.03 Å². The molecule has 0 aromatic heterocycles. The molecule has 9 heteroatoms. The van der Waals surface area contributed by atoms with E-state index in [1.54, 1.807) is 30.3 Å². The van der Waals surface area contributed by atoms with Crippen molar-refractivity contribution in [3.63, 3.8) is 0 Å². The maximum Gasteiger partial charge on any atom is 0.335 e. The highest BCUT2D eigenvalue weighted by molar-refractivity contribution is 9.10. The number of nitrogens with zero attached hydrogens (tertiary/aromatic N) is 1. The summed E-state index contributed by atoms with van der Waals surface area (Å²) in [5.74, 6) is -0.601. The van der Waals surface area contributed by atoms with Crippen LogP contribution in [0, 0.1) is 0 Å². The van der Waals surface area contributed by atoms with E-state index in [9.17, 15) is 14.4 Å². The van der Waals surface area contributed by atoms with Crippen LogP contribution in [0.1, 0.15) is 11.1 Å². The van der Waals surface area contributed by atoms with E-state index in [4.69, 9.17) is 21.1 Å². The number of benzene rings is 3. The largest absolute Gasteiger partial charge is 0.497 e. The summed E-state index contributed by atoms with van der Waals surface area (Å²) in [6, 6.07) is 18.0. The van der Waals surface area contributed by atoms with Gasteiger partial charge in [0.15, 0.2) is 0 Å². The monoisotopic (exact) mass is 540 g/mol. The number of hydrogen-bond acceptors (Lipinski definition) is 5. The standard InChI is InChI=1S/C25H18BrClN2O5/c1-33-20-11-4-16(22(13-20)34-14-15-2-5-17(26)6-3-15)12-21-23(30)28-25(32)29(24(21)31)19-9-7-18(27)8-10-19/h2-13H,14H2,1H3,(H,28,30,32)/b21-12+. The quantitative estimate of drug-likeness (QED) is 0.336. The lowest BCUT2D eigenvalue weighted by atomic mass is 10.1. The molecule has 0 aliphatic carbocycles. The molecule has 0 radical (unpaired) electrons. The third-order valence-electron chi connectivity index (χ3n) is 5.01. The Morgan fingerprint density at radius 1 is 1.00 bits per heavy atom. The Hall–Kier alpha value is -3.62. The lowest BCUT2D eigenvalue weighted by Crippen LogP contribution is -2.54. The normalized spacial score (nSPS) is 14.9. The van der Waals surface area contributed by atoms with Crippen LogP contribution >= 0.6 is 27.5 Å². The van der Waals surface area contributed by atoms with Crippen molar-refractivity contribution in [2.75, 3.05) is 12.0 Å². The van der Waals surface area contributed by atoms with Crippen molar-refractivity contribution in [2.24, 2.45) is 0 Å². The summed E-state index contributed by atoms with van der Waals surface area (Å²) < 4.78 is 12.2. The summed E-state index contributed by atoms with van der Waals surface area (Å²) in [4.78, 5) is 39.0. The van der Waals surface area contributed by atoms with Crippen LogP contribution in [0.25, 0.3) is 6.08 Å². The number of nitrogens with one attached hydrogen (secondary N) is 1. The fourth-order valence-electron chi connectivity index (χ4n) is 3.27. The summed E-state index contributed by atoms with van der Waals surface area (Å²) in [6.45, 7) is 0.256. The molecule has 3 aromatic carbocycles. The second kappa shape index (κ2) is 10.1. The van der Waals surface area contributed by atoms with E-state index >= 15 is 0 Å². The molecule has 1 aliphatic heterocycles. The second-order valence-electron chi connectivity index (χ2n) is 7.25. The van der Waals surface area contributed by atoms with Crippen molar-refractivity contribution in [2.45, 2.75) is 6.61 Å². The minimum absolute atomic E-state index is 0.215. The first-order chi connectivity index (χ1) is 16.4. The number of amides is 4. The fraction of sp³-hybridized carbons (Fsp3) is 0.0800. The lowest BCUT2D eigenvalue weighted by Gasteiger charge is -2.26. The third kappa shape index (κ3) is 5.13. The average molecular weight is 542 g/mol. The second-order valence-corrected chi connectivity index (χ2v) is 8.61. The molecule has 1 heterocycles. The van der Waals surface area contributed by atoms with Crippen LogP contribution in [0.4, 0.5) is 10.5 Å². The van der Waals surface area contributed by atoms with Gasteiger partial charge in [-0.15, -0.1) is 0 Å². The van der Waals surface area contributed by atoms with Crippen LogP contribution < -0.4 is 19.7 Å². The van der Waals surface area contributed by atoms with E-state index in [0.717, 1.165) is 14.9 Å². The van der Waals surface area contributed by atoms with Gasteiger partial charge in [-0.1, -0.05) is 39.7 Å². The first-order valence-corrected chi connectivity index (χ1v) is 11.2. The number of hydrogen-bond donors (Lipinski definition) is 1. The van der Waals surface area contributed by atoms with Crippen LogP contribution in [0.3, 0.4) is 0 Å². The Kier molecular flexibility index (Phi) is 7.00. The molecule has 0 unspecified atom stereocenters. The maximum absolute atomic E-state index is 13.2. The first-order valence-electron chi connectivity index (χ1n) is 10.1. The average Bonchev–Trinajstić information content (AvgIpc) is 2.83. The van der Waals surface area contributed by atoms with Gasteiger partial charge in [-0.05, 0) is 60.2 Å². The van der Waals surface area contributed by atoms with E-state index < -0.39 is 17.8 Å². The molecular formula is C25H18BrClN2O5. The molecule has 1 aliphatic rings. The van der Waals surface area contributed by atoms with Crippen LogP contribution in [0.2, 0.25) is 5.02 Å². The summed E-state index contributed by atoms with van der Waals surface area (Å²) in [5, 5.41) is 2.65. The Labute approximate surface area is 209 Å². The van der Waals surface area contributed by atoms with Gasteiger partial charge in [-0.25, -0.2) is 9.69 Å². The molecule has 0 atom stereocenters. The van der Waals surface area contributed by atoms with Crippen molar-refractivity contribution >= 4 is 57.1 Å². The van der Waals surface area contributed by atoms with Crippen LogP contribution in [0.5, 0.6) is 11.5 Å². The molecular weight excluding hydrogens is 524 g/mol. The number of ether oxygens (including phenoxy) is 2. The van der Waals surface area contributed by atoms with Gasteiger partial charge < -0.3 is 9.47 Å². The Bertz CT molecular complexity index is 1290. The zero-order valence-corrected chi connectivity index (χ0v) is 20.2. The molecule has 0 bridgehead atoms. The summed E-state index contributed by atoms with van der Waals surface area (Å²) in [6.07, 6.45) is 1.39. The van der Waals surface area contributed by atoms with E-state index in [0.29, 0.717) is 22.1 Å². The number of halogens is 2. The van der Waals surface area contributed by atoms with E-state index in [-0.39, 0.29) is 17.9 Å². The molecule has 1 fully saturated rings. The highest BCUT2D eigenvalue weighted by Gasteiger charge is 2.37. The first kappa shape index (κ1) is 23.5. The van der Waals surface area contributed by atoms with Crippen molar-refractivity contribution in [1.29, 1.82) is 0 Å². The number of carbonyl (C=O) groups excluding carboxylic acids is 3. The molecule has 4 amide bonds. The number of carbonyl (C=O) groups is 3. The smallest absolute Gasteiger partial charge is 0.335 e. The summed E-state index contributed by atoms with van der Waals surface area (Å²) in [7, 11) is 1.53. The Balaban J connectivity index is 1.67. The molecule has 4 rings (SSSR count). The van der Waals surface area contributed by atoms with Crippen molar-refractivity contribution in [3.8, 4) is 11.5 Å². The van der Waals surface area contributed by atoms with E-state index in [1.165, 1.54) is 25.3 Å². The van der Waals surface area contributed by atoms with Crippen LogP contribution in [-0.2, 0) is 16.2 Å². The number of methoxy groups -OCH3 is 1. The zero-order chi connectivity index (χ0) is 24.2. The lowest BCUT2D eigenvalue weighted by molar-refractivity contribution is -0.122. The molecule has 1 N–H and O–H groups in total. The number of imide groups is 2. The molecule has 1 saturated heterocycles. The maximum atomic E-state index is 13.2. The SMILES string of the molecule is COc1ccc(/C=C2\C(=O)NC(=O)N(c3ccc(Cl)cc3)C2=O)c(OCc2ccc(Br)cc2)c1. The molecule has 172 valence electrons. The molecule has 34 heavy (non-hydrogen) atoms. The zero-order valence-electron chi connectivity index (χ0n) is 17.9. The number of urea groups is 1.